The molecule has 0 radical (unpaired) electrons. The van der Waals surface area contributed by atoms with Crippen LogP contribution in [0.4, 0.5) is 0 Å². The van der Waals surface area contributed by atoms with Crippen LogP contribution in [0, 0.1) is 0 Å². The number of nitrogens with zero attached hydrogens (tertiary/aromatic N) is 2. The fourth-order valence-corrected chi connectivity index (χ4v) is 2.11. The predicted molar refractivity (Wildman–Crippen MR) is 48.2 cm³/mol. The van der Waals surface area contributed by atoms with E-state index >= 15 is 0 Å². The Hall–Kier alpha value is -0.610. The zero-order valence-electron chi connectivity index (χ0n) is 8.25. The second-order valence-corrected chi connectivity index (χ2v) is 4.08. The fourth-order valence-electron chi connectivity index (χ4n) is 2.11. The molecule has 2 fully saturated rings. The van der Waals surface area contributed by atoms with Crippen molar-refractivity contribution >= 4 is 5.97 Å². The first kappa shape index (κ1) is 8.97. The Kier molecular flexibility index (Phi) is 2.04. The van der Waals surface area contributed by atoms with Gasteiger partial charge < -0.3 is 9.64 Å². The van der Waals surface area contributed by atoms with Gasteiger partial charge in [0.25, 0.3) is 0 Å². The SMILES string of the molecule is CN1CCC2(CC1)OC(=O)CN2C. The van der Waals surface area contributed by atoms with Gasteiger partial charge in [0.15, 0.2) is 5.72 Å². The first-order chi connectivity index (χ1) is 6.12. The highest BCUT2D eigenvalue weighted by atomic mass is 16.6. The first-order valence-corrected chi connectivity index (χ1v) is 4.74. The van der Waals surface area contributed by atoms with Crippen molar-refractivity contribution in [3.8, 4) is 0 Å². The number of carbonyl (C=O) groups is 1. The van der Waals surface area contributed by atoms with Crippen molar-refractivity contribution in [2.45, 2.75) is 18.6 Å². The molecular formula is C9H16N2O2. The van der Waals surface area contributed by atoms with Gasteiger partial charge in [-0.1, -0.05) is 0 Å². The summed E-state index contributed by atoms with van der Waals surface area (Å²) < 4.78 is 5.41. The van der Waals surface area contributed by atoms with E-state index in [9.17, 15) is 4.79 Å². The van der Waals surface area contributed by atoms with Gasteiger partial charge in [-0.25, -0.2) is 0 Å². The van der Waals surface area contributed by atoms with Gasteiger partial charge in [0.2, 0.25) is 0 Å². The van der Waals surface area contributed by atoms with Crippen molar-refractivity contribution in [1.29, 1.82) is 0 Å². The molecule has 2 aliphatic heterocycles. The summed E-state index contributed by atoms with van der Waals surface area (Å²) in [6.45, 7) is 2.47. The first-order valence-electron chi connectivity index (χ1n) is 4.74. The maximum Gasteiger partial charge on any atom is 0.322 e. The van der Waals surface area contributed by atoms with Crippen LogP contribution < -0.4 is 0 Å². The van der Waals surface area contributed by atoms with Crippen molar-refractivity contribution in [3.05, 3.63) is 0 Å². The predicted octanol–water partition coefficient (Wildman–Crippen LogP) is -0.103. The van der Waals surface area contributed by atoms with Gasteiger partial charge in [-0.2, -0.15) is 0 Å². The number of rotatable bonds is 0. The number of carbonyl (C=O) groups excluding carboxylic acids is 1. The van der Waals surface area contributed by atoms with Gasteiger partial charge in [-0.3, -0.25) is 9.69 Å². The van der Waals surface area contributed by atoms with Crippen LogP contribution in [-0.2, 0) is 9.53 Å². The van der Waals surface area contributed by atoms with Gasteiger partial charge in [-0.05, 0) is 14.1 Å². The summed E-state index contributed by atoms with van der Waals surface area (Å²) in [6.07, 6.45) is 1.87. The molecule has 0 atom stereocenters. The van der Waals surface area contributed by atoms with E-state index in [1.54, 1.807) is 0 Å². The molecule has 2 aliphatic rings. The Morgan fingerprint density at radius 3 is 2.38 bits per heavy atom. The summed E-state index contributed by atoms with van der Waals surface area (Å²) in [5, 5.41) is 0. The van der Waals surface area contributed by atoms with E-state index in [1.807, 2.05) is 11.9 Å². The van der Waals surface area contributed by atoms with Crippen molar-refractivity contribution in [2.75, 3.05) is 33.7 Å². The van der Waals surface area contributed by atoms with E-state index in [2.05, 4.69) is 11.9 Å². The van der Waals surface area contributed by atoms with Gasteiger partial charge in [-0.15, -0.1) is 0 Å². The number of likely N-dealkylation sites (tertiary alicyclic amines) is 1. The molecule has 0 bridgehead atoms. The lowest BCUT2D eigenvalue weighted by molar-refractivity contribution is -0.159. The third-order valence-electron chi connectivity index (χ3n) is 3.13. The van der Waals surface area contributed by atoms with Crippen LogP contribution >= 0.6 is 0 Å². The third kappa shape index (κ3) is 1.44. The van der Waals surface area contributed by atoms with Crippen LogP contribution in [0.5, 0.6) is 0 Å². The summed E-state index contributed by atoms with van der Waals surface area (Å²) in [6, 6.07) is 0. The molecule has 0 saturated carbocycles. The van der Waals surface area contributed by atoms with Crippen LogP contribution in [0.15, 0.2) is 0 Å². The summed E-state index contributed by atoms with van der Waals surface area (Å²) >= 11 is 0. The van der Waals surface area contributed by atoms with E-state index in [4.69, 9.17) is 4.74 Å². The molecule has 74 valence electrons. The number of hydrogen-bond donors (Lipinski definition) is 0. The van der Waals surface area contributed by atoms with Crippen molar-refractivity contribution in [2.24, 2.45) is 0 Å². The normalized spacial score (nSPS) is 29.5. The number of esters is 1. The Bertz CT molecular complexity index is 222. The average molecular weight is 184 g/mol. The highest BCUT2D eigenvalue weighted by Gasteiger charge is 2.46. The summed E-state index contributed by atoms with van der Waals surface area (Å²) in [5.41, 5.74) is -0.274. The van der Waals surface area contributed by atoms with E-state index < -0.39 is 0 Å². The van der Waals surface area contributed by atoms with E-state index in [0.29, 0.717) is 6.54 Å². The van der Waals surface area contributed by atoms with Crippen LogP contribution in [-0.4, -0.2) is 55.2 Å². The summed E-state index contributed by atoms with van der Waals surface area (Å²) in [4.78, 5) is 15.4. The molecule has 0 aliphatic carbocycles. The highest BCUT2D eigenvalue weighted by Crippen LogP contribution is 2.32. The molecule has 4 nitrogen and oxygen atoms in total. The molecule has 2 saturated heterocycles. The van der Waals surface area contributed by atoms with E-state index in [0.717, 1.165) is 25.9 Å². The maximum absolute atomic E-state index is 11.1. The molecule has 4 heteroatoms. The monoisotopic (exact) mass is 184 g/mol. The molecule has 2 rings (SSSR count). The molecule has 0 N–H and O–H groups in total. The number of piperidine rings is 1. The Labute approximate surface area is 78.4 Å². The van der Waals surface area contributed by atoms with Crippen molar-refractivity contribution in [1.82, 2.24) is 9.80 Å². The van der Waals surface area contributed by atoms with Crippen LogP contribution in [0.3, 0.4) is 0 Å². The van der Waals surface area contributed by atoms with Gasteiger partial charge in [0.05, 0.1) is 6.54 Å². The molecule has 0 unspecified atom stereocenters. The fraction of sp³-hybridized carbons (Fsp3) is 0.889. The lowest BCUT2D eigenvalue weighted by Crippen LogP contribution is -2.50. The van der Waals surface area contributed by atoms with Crippen molar-refractivity contribution < 1.29 is 9.53 Å². The summed E-state index contributed by atoms with van der Waals surface area (Å²) in [5.74, 6) is -0.0768. The smallest absolute Gasteiger partial charge is 0.322 e. The molecule has 2 heterocycles. The van der Waals surface area contributed by atoms with Crippen LogP contribution in [0.25, 0.3) is 0 Å². The second-order valence-electron chi connectivity index (χ2n) is 4.08. The molecule has 1 spiro atoms. The highest BCUT2D eigenvalue weighted by molar-refractivity contribution is 5.74. The Morgan fingerprint density at radius 2 is 1.92 bits per heavy atom. The topological polar surface area (TPSA) is 32.8 Å². The Balaban J connectivity index is 2.08. The number of likely N-dealkylation sites (N-methyl/N-ethyl adjacent to an activating group) is 1. The molecular weight excluding hydrogens is 168 g/mol. The summed E-state index contributed by atoms with van der Waals surface area (Å²) in [7, 11) is 4.07. The number of ether oxygens (including phenoxy) is 1. The lowest BCUT2D eigenvalue weighted by Gasteiger charge is -2.40. The lowest BCUT2D eigenvalue weighted by atomic mass is 10.00. The molecule has 0 amide bonds. The zero-order chi connectivity index (χ0) is 9.47. The van der Waals surface area contributed by atoms with Crippen LogP contribution in [0.2, 0.25) is 0 Å². The van der Waals surface area contributed by atoms with Gasteiger partial charge in [0, 0.05) is 25.9 Å². The average Bonchev–Trinajstić information content (AvgIpc) is 2.34. The quantitative estimate of drug-likeness (QED) is 0.492. The minimum absolute atomic E-state index is 0.0768. The van der Waals surface area contributed by atoms with E-state index in [1.165, 1.54) is 0 Å². The minimum atomic E-state index is -0.274. The molecule has 0 aromatic carbocycles. The standard InChI is InChI=1S/C9H16N2O2/c1-10-5-3-9(4-6-10)11(2)7-8(12)13-9/h3-7H2,1-2H3. The van der Waals surface area contributed by atoms with Crippen molar-refractivity contribution in [3.63, 3.8) is 0 Å². The second kappa shape index (κ2) is 2.96. The van der Waals surface area contributed by atoms with E-state index in [-0.39, 0.29) is 11.7 Å². The minimum Gasteiger partial charge on any atom is -0.443 e. The third-order valence-corrected chi connectivity index (χ3v) is 3.13. The zero-order valence-corrected chi connectivity index (χ0v) is 8.25. The Morgan fingerprint density at radius 1 is 1.31 bits per heavy atom. The van der Waals surface area contributed by atoms with Gasteiger partial charge >= 0.3 is 5.97 Å². The molecule has 13 heavy (non-hydrogen) atoms. The number of hydrogen-bond acceptors (Lipinski definition) is 4. The molecule has 0 aromatic rings. The van der Waals surface area contributed by atoms with Crippen LogP contribution in [0.1, 0.15) is 12.8 Å². The maximum atomic E-state index is 11.1. The molecule has 0 aromatic heterocycles. The van der Waals surface area contributed by atoms with Gasteiger partial charge in [0.1, 0.15) is 0 Å². The largest absolute Gasteiger partial charge is 0.443 e.